The lowest BCUT2D eigenvalue weighted by Crippen LogP contribution is -2.27. The Balaban J connectivity index is 0.00000264. The molecule has 0 bridgehead atoms. The second-order valence-corrected chi connectivity index (χ2v) is 6.46. The number of rotatable bonds is 4. The number of benzene rings is 1. The number of hydrogen-bond acceptors (Lipinski definition) is 4. The monoisotopic (exact) mass is 337 g/mol. The van der Waals surface area contributed by atoms with Gasteiger partial charge in [-0.1, -0.05) is 52.0 Å². The molecule has 2 aromatic rings. The van der Waals surface area contributed by atoms with Crippen LogP contribution in [0.15, 0.2) is 24.3 Å². The predicted molar refractivity (Wildman–Crippen MR) is 94.6 cm³/mol. The van der Waals surface area contributed by atoms with Crippen molar-refractivity contribution in [2.75, 3.05) is 11.9 Å². The van der Waals surface area contributed by atoms with Crippen molar-refractivity contribution in [1.29, 1.82) is 0 Å². The van der Waals surface area contributed by atoms with Gasteiger partial charge < -0.3 is 5.73 Å². The van der Waals surface area contributed by atoms with Crippen LogP contribution in [0.4, 0.5) is 5.95 Å². The van der Waals surface area contributed by atoms with Crippen molar-refractivity contribution in [2.45, 2.75) is 33.1 Å². The number of carbonyl (C=O) groups is 1. The third kappa shape index (κ3) is 4.77. The number of amides is 1. The number of nitrogens with two attached hydrogens (primary N) is 1. The zero-order valence-electron chi connectivity index (χ0n) is 13.9. The van der Waals surface area contributed by atoms with Crippen molar-refractivity contribution in [3.05, 3.63) is 29.8 Å². The van der Waals surface area contributed by atoms with Gasteiger partial charge in [-0.05, 0) is 11.0 Å². The van der Waals surface area contributed by atoms with Gasteiger partial charge >= 0.3 is 0 Å². The molecule has 0 spiro atoms. The van der Waals surface area contributed by atoms with Gasteiger partial charge in [0.2, 0.25) is 11.9 Å². The number of carbonyl (C=O) groups excluding carboxylic acids is 1. The minimum absolute atomic E-state index is 0. The molecule has 0 aliphatic carbocycles. The normalized spacial score (nSPS) is 12.4. The van der Waals surface area contributed by atoms with Crippen LogP contribution in [0.5, 0.6) is 0 Å². The van der Waals surface area contributed by atoms with Crippen LogP contribution in [0, 0.1) is 5.92 Å². The number of H-pyrrole nitrogens is 1. The Morgan fingerprint density at radius 1 is 1.30 bits per heavy atom. The summed E-state index contributed by atoms with van der Waals surface area (Å²) in [6.07, 6.45) is 0. The lowest BCUT2D eigenvalue weighted by atomic mass is 9.87. The lowest BCUT2D eigenvalue weighted by Gasteiger charge is -2.18. The van der Waals surface area contributed by atoms with E-state index in [-0.39, 0.29) is 42.1 Å². The van der Waals surface area contributed by atoms with Crippen molar-refractivity contribution < 1.29 is 4.79 Å². The number of nitrogens with zero attached hydrogens (tertiary/aromatic N) is 2. The summed E-state index contributed by atoms with van der Waals surface area (Å²) >= 11 is 0. The first-order valence-electron chi connectivity index (χ1n) is 7.35. The van der Waals surface area contributed by atoms with E-state index in [0.29, 0.717) is 5.82 Å². The standard InChI is InChI=1S/C16H23N5O.ClH/c1-10(9-17)14(22)19-15-18-13(20-21-15)11-5-7-12(8-6-11)16(2,3)4;/h5-8,10H,9,17H2,1-4H3,(H2,18,19,20,21,22);1H. The van der Waals surface area contributed by atoms with E-state index in [1.165, 1.54) is 5.56 Å². The van der Waals surface area contributed by atoms with Gasteiger partial charge in [0, 0.05) is 18.0 Å². The first-order chi connectivity index (χ1) is 10.3. The summed E-state index contributed by atoms with van der Waals surface area (Å²) in [4.78, 5) is 16.0. The molecule has 0 aliphatic rings. The van der Waals surface area contributed by atoms with Gasteiger partial charge in [0.1, 0.15) is 0 Å². The highest BCUT2D eigenvalue weighted by atomic mass is 35.5. The Morgan fingerprint density at radius 2 is 1.91 bits per heavy atom. The lowest BCUT2D eigenvalue weighted by molar-refractivity contribution is -0.119. The maximum atomic E-state index is 11.8. The topological polar surface area (TPSA) is 96.7 Å². The molecule has 1 heterocycles. The summed E-state index contributed by atoms with van der Waals surface area (Å²) in [7, 11) is 0. The van der Waals surface area contributed by atoms with E-state index in [9.17, 15) is 4.79 Å². The van der Waals surface area contributed by atoms with E-state index in [1.807, 2.05) is 12.1 Å². The second kappa shape index (κ2) is 7.57. The molecule has 1 atom stereocenters. The number of nitrogens with one attached hydrogen (secondary N) is 2. The zero-order valence-corrected chi connectivity index (χ0v) is 14.7. The molecule has 0 radical (unpaired) electrons. The summed E-state index contributed by atoms with van der Waals surface area (Å²) in [5.74, 6) is 0.431. The fraction of sp³-hybridized carbons (Fsp3) is 0.438. The van der Waals surface area contributed by atoms with E-state index in [4.69, 9.17) is 5.73 Å². The molecule has 23 heavy (non-hydrogen) atoms. The first-order valence-corrected chi connectivity index (χ1v) is 7.35. The Kier molecular flexibility index (Phi) is 6.29. The molecule has 126 valence electrons. The predicted octanol–water partition coefficient (Wildman–Crippen LogP) is 2.72. The van der Waals surface area contributed by atoms with Crippen LogP contribution in [-0.4, -0.2) is 27.6 Å². The summed E-state index contributed by atoms with van der Waals surface area (Å²) in [6.45, 7) is 8.56. The van der Waals surface area contributed by atoms with Gasteiger partial charge in [-0.2, -0.15) is 4.98 Å². The maximum Gasteiger partial charge on any atom is 0.249 e. The Hall–Kier alpha value is -1.92. The summed E-state index contributed by atoms with van der Waals surface area (Å²) < 4.78 is 0. The molecule has 1 aromatic carbocycles. The Labute approximate surface area is 142 Å². The highest BCUT2D eigenvalue weighted by Gasteiger charge is 2.15. The molecule has 4 N–H and O–H groups in total. The SMILES string of the molecule is CC(CN)C(=O)Nc1n[nH]c(-c2ccc(C(C)(C)C)cc2)n1.Cl. The van der Waals surface area contributed by atoms with E-state index in [2.05, 4.69) is 53.4 Å². The molecule has 0 fully saturated rings. The molecule has 1 unspecified atom stereocenters. The van der Waals surface area contributed by atoms with Crippen molar-refractivity contribution in [3.8, 4) is 11.4 Å². The van der Waals surface area contributed by atoms with Crippen molar-refractivity contribution in [3.63, 3.8) is 0 Å². The van der Waals surface area contributed by atoms with E-state index in [0.717, 1.165) is 5.56 Å². The average molecular weight is 338 g/mol. The van der Waals surface area contributed by atoms with Crippen LogP contribution in [-0.2, 0) is 10.2 Å². The quantitative estimate of drug-likeness (QED) is 0.799. The third-order valence-electron chi connectivity index (χ3n) is 3.55. The largest absolute Gasteiger partial charge is 0.330 e. The molecule has 1 aromatic heterocycles. The van der Waals surface area contributed by atoms with E-state index >= 15 is 0 Å². The van der Waals surface area contributed by atoms with Crippen molar-refractivity contribution in [2.24, 2.45) is 11.7 Å². The van der Waals surface area contributed by atoms with Crippen LogP contribution in [0.25, 0.3) is 11.4 Å². The summed E-state index contributed by atoms with van der Waals surface area (Å²) in [6, 6.07) is 8.14. The van der Waals surface area contributed by atoms with Gasteiger partial charge in [0.25, 0.3) is 0 Å². The zero-order chi connectivity index (χ0) is 16.3. The van der Waals surface area contributed by atoms with Crippen LogP contribution < -0.4 is 11.1 Å². The molecule has 0 saturated heterocycles. The van der Waals surface area contributed by atoms with Crippen LogP contribution in [0.1, 0.15) is 33.3 Å². The van der Waals surface area contributed by atoms with Crippen molar-refractivity contribution in [1.82, 2.24) is 15.2 Å². The highest BCUT2D eigenvalue weighted by molar-refractivity contribution is 5.90. The number of halogens is 1. The third-order valence-corrected chi connectivity index (χ3v) is 3.55. The van der Waals surface area contributed by atoms with Crippen molar-refractivity contribution >= 4 is 24.3 Å². The van der Waals surface area contributed by atoms with Crippen LogP contribution in [0.2, 0.25) is 0 Å². The molecular formula is C16H24ClN5O. The molecule has 1 amide bonds. The number of aromatic amines is 1. The second-order valence-electron chi connectivity index (χ2n) is 6.46. The van der Waals surface area contributed by atoms with E-state index in [1.54, 1.807) is 6.92 Å². The van der Waals surface area contributed by atoms with Crippen LogP contribution >= 0.6 is 12.4 Å². The summed E-state index contributed by atoms with van der Waals surface area (Å²) in [5, 5.41) is 9.49. The highest BCUT2D eigenvalue weighted by Crippen LogP contribution is 2.25. The molecule has 2 rings (SSSR count). The molecule has 6 nitrogen and oxygen atoms in total. The molecular weight excluding hydrogens is 314 g/mol. The number of anilines is 1. The Morgan fingerprint density at radius 3 is 2.43 bits per heavy atom. The fourth-order valence-corrected chi connectivity index (χ4v) is 1.92. The van der Waals surface area contributed by atoms with E-state index < -0.39 is 0 Å². The van der Waals surface area contributed by atoms with Gasteiger partial charge in [-0.15, -0.1) is 17.5 Å². The van der Waals surface area contributed by atoms with Crippen LogP contribution in [0.3, 0.4) is 0 Å². The summed E-state index contributed by atoms with van der Waals surface area (Å²) in [5.41, 5.74) is 7.75. The average Bonchev–Trinajstić information content (AvgIpc) is 2.94. The number of hydrogen-bond donors (Lipinski definition) is 3. The first kappa shape index (κ1) is 19.1. The fourth-order valence-electron chi connectivity index (χ4n) is 1.92. The van der Waals surface area contributed by atoms with Gasteiger partial charge in [-0.25, -0.2) is 0 Å². The number of aromatic nitrogens is 3. The minimum atomic E-state index is -0.270. The minimum Gasteiger partial charge on any atom is -0.330 e. The van der Waals surface area contributed by atoms with Gasteiger partial charge in [0.05, 0.1) is 0 Å². The Bertz CT molecular complexity index is 645. The van der Waals surface area contributed by atoms with Gasteiger partial charge in [-0.3, -0.25) is 15.2 Å². The molecule has 0 aliphatic heterocycles. The smallest absolute Gasteiger partial charge is 0.249 e. The molecule has 7 heteroatoms. The maximum absolute atomic E-state index is 11.8. The van der Waals surface area contributed by atoms with Gasteiger partial charge in [0.15, 0.2) is 5.82 Å². The molecule has 0 saturated carbocycles.